The van der Waals surface area contributed by atoms with Crippen molar-refractivity contribution >= 4 is 11.7 Å². The lowest BCUT2D eigenvalue weighted by atomic mass is 9.85. The molecule has 3 aromatic rings. The van der Waals surface area contributed by atoms with Gasteiger partial charge in [-0.2, -0.15) is 20.1 Å². The zero-order chi connectivity index (χ0) is 18.3. The maximum absolute atomic E-state index is 12.3. The number of hydrogen-bond donors (Lipinski definition) is 2. The summed E-state index contributed by atoms with van der Waals surface area (Å²) < 4.78 is 1.52. The number of H-pyrrole nitrogens is 1. The van der Waals surface area contributed by atoms with Crippen LogP contribution in [0.25, 0.3) is 5.82 Å². The van der Waals surface area contributed by atoms with Crippen LogP contribution in [0.15, 0.2) is 41.2 Å². The summed E-state index contributed by atoms with van der Waals surface area (Å²) in [6, 6.07) is 12.2. The lowest BCUT2D eigenvalue weighted by Crippen LogP contribution is -2.25. The highest BCUT2D eigenvalue weighted by Gasteiger charge is 2.32. The molecule has 1 aromatic carbocycles. The predicted octanol–water partition coefficient (Wildman–Crippen LogP) is 1.61. The molecule has 1 atom stereocenters. The van der Waals surface area contributed by atoms with Crippen molar-refractivity contribution < 1.29 is 4.79 Å². The zero-order valence-electron chi connectivity index (χ0n) is 13.9. The highest BCUT2D eigenvalue weighted by Crippen LogP contribution is 2.39. The van der Waals surface area contributed by atoms with Gasteiger partial charge in [0.05, 0.1) is 17.3 Å². The van der Waals surface area contributed by atoms with E-state index in [9.17, 15) is 9.59 Å². The number of rotatable bonds is 2. The SMILES string of the molecule is Cc1nn(-c2ccc(=O)[nH]n2)c2c1C(c1ccc(C#N)cc1)CC(=O)N2. The second-order valence-corrected chi connectivity index (χ2v) is 6.08. The third-order valence-corrected chi connectivity index (χ3v) is 4.43. The number of hydrogen-bond acceptors (Lipinski definition) is 5. The number of carbonyl (C=O) groups is 1. The van der Waals surface area contributed by atoms with Gasteiger partial charge in [0.1, 0.15) is 5.82 Å². The molecule has 1 aliphatic heterocycles. The summed E-state index contributed by atoms with van der Waals surface area (Å²) in [5.41, 5.74) is 2.87. The number of anilines is 1. The Balaban J connectivity index is 1.85. The number of nitriles is 1. The van der Waals surface area contributed by atoms with Crippen molar-refractivity contribution in [2.24, 2.45) is 0 Å². The fourth-order valence-corrected chi connectivity index (χ4v) is 3.24. The number of aromatic amines is 1. The fraction of sp³-hybridized carbons (Fsp3) is 0.167. The average Bonchev–Trinajstić information content (AvgIpc) is 2.98. The molecule has 128 valence electrons. The molecule has 0 spiro atoms. The first-order valence-electron chi connectivity index (χ1n) is 8.02. The number of nitrogens with one attached hydrogen (secondary N) is 2. The molecule has 1 aliphatic rings. The smallest absolute Gasteiger partial charge is 0.264 e. The van der Waals surface area contributed by atoms with Gasteiger partial charge in [0.15, 0.2) is 5.82 Å². The van der Waals surface area contributed by atoms with Crippen LogP contribution >= 0.6 is 0 Å². The van der Waals surface area contributed by atoms with Gasteiger partial charge in [0, 0.05) is 24.0 Å². The van der Waals surface area contributed by atoms with Crippen LogP contribution in [0, 0.1) is 18.3 Å². The standard InChI is InChI=1S/C18H14N6O2/c1-10-17-13(12-4-2-11(9-19)3-5-12)8-16(26)20-18(17)24(23-10)14-6-7-15(25)22-21-14/h2-7,13H,8H2,1H3,(H,20,26)(H,22,25). The van der Waals surface area contributed by atoms with Gasteiger partial charge in [0.2, 0.25) is 5.91 Å². The molecule has 3 heterocycles. The number of benzene rings is 1. The van der Waals surface area contributed by atoms with Crippen LogP contribution in [-0.4, -0.2) is 25.9 Å². The van der Waals surface area contributed by atoms with Gasteiger partial charge in [0.25, 0.3) is 5.56 Å². The molecule has 0 aliphatic carbocycles. The maximum atomic E-state index is 12.3. The van der Waals surface area contributed by atoms with Crippen molar-refractivity contribution in [2.45, 2.75) is 19.3 Å². The normalized spacial score (nSPS) is 15.8. The Kier molecular flexibility index (Phi) is 3.62. The molecular formula is C18H14N6O2. The highest BCUT2D eigenvalue weighted by atomic mass is 16.1. The summed E-state index contributed by atoms with van der Waals surface area (Å²) in [6.07, 6.45) is 0.296. The van der Waals surface area contributed by atoms with Crippen LogP contribution in [0.3, 0.4) is 0 Å². The summed E-state index contributed by atoms with van der Waals surface area (Å²) in [6.45, 7) is 1.87. The van der Waals surface area contributed by atoms with E-state index in [-0.39, 0.29) is 17.4 Å². The summed E-state index contributed by atoms with van der Waals surface area (Å²) in [4.78, 5) is 23.5. The first kappa shape index (κ1) is 15.8. The van der Waals surface area contributed by atoms with E-state index in [0.717, 1.165) is 16.8 Å². The summed E-state index contributed by atoms with van der Waals surface area (Å²) >= 11 is 0. The largest absolute Gasteiger partial charge is 0.310 e. The van der Waals surface area contributed by atoms with Crippen molar-refractivity contribution in [3.05, 3.63) is 69.1 Å². The van der Waals surface area contributed by atoms with Gasteiger partial charge in [-0.1, -0.05) is 12.1 Å². The van der Waals surface area contributed by atoms with E-state index in [1.165, 1.54) is 10.7 Å². The molecule has 0 radical (unpaired) electrons. The molecule has 8 heteroatoms. The number of amides is 1. The van der Waals surface area contributed by atoms with Crippen molar-refractivity contribution in [1.82, 2.24) is 20.0 Å². The lowest BCUT2D eigenvalue weighted by Gasteiger charge is -2.24. The van der Waals surface area contributed by atoms with E-state index < -0.39 is 0 Å². The minimum atomic E-state index is -0.314. The molecule has 1 unspecified atom stereocenters. The van der Waals surface area contributed by atoms with Crippen LogP contribution in [0.4, 0.5) is 5.82 Å². The third-order valence-electron chi connectivity index (χ3n) is 4.43. The van der Waals surface area contributed by atoms with E-state index in [1.807, 2.05) is 19.1 Å². The Bertz CT molecular complexity index is 1080. The Morgan fingerprint density at radius 3 is 2.62 bits per heavy atom. The van der Waals surface area contributed by atoms with E-state index in [4.69, 9.17) is 5.26 Å². The van der Waals surface area contributed by atoms with Gasteiger partial charge in [-0.05, 0) is 30.7 Å². The Morgan fingerprint density at radius 1 is 1.19 bits per heavy atom. The van der Waals surface area contributed by atoms with Gasteiger partial charge in [-0.3, -0.25) is 9.59 Å². The molecule has 2 aromatic heterocycles. The second-order valence-electron chi connectivity index (χ2n) is 6.08. The van der Waals surface area contributed by atoms with E-state index in [2.05, 4.69) is 26.7 Å². The first-order chi connectivity index (χ1) is 12.6. The molecule has 0 fully saturated rings. The second kappa shape index (κ2) is 5.97. The first-order valence-corrected chi connectivity index (χ1v) is 8.02. The number of carbonyl (C=O) groups excluding carboxylic acids is 1. The minimum absolute atomic E-state index is 0.127. The van der Waals surface area contributed by atoms with Crippen LogP contribution in [0.5, 0.6) is 0 Å². The van der Waals surface area contributed by atoms with Crippen LogP contribution in [-0.2, 0) is 4.79 Å². The Morgan fingerprint density at radius 2 is 1.96 bits per heavy atom. The van der Waals surface area contributed by atoms with E-state index in [1.54, 1.807) is 18.2 Å². The van der Waals surface area contributed by atoms with Gasteiger partial charge >= 0.3 is 0 Å². The van der Waals surface area contributed by atoms with Gasteiger partial charge in [-0.25, -0.2) is 5.10 Å². The van der Waals surface area contributed by atoms with Crippen LogP contribution < -0.4 is 10.9 Å². The quantitative estimate of drug-likeness (QED) is 0.731. The molecule has 0 bridgehead atoms. The average molecular weight is 346 g/mol. The summed E-state index contributed by atoms with van der Waals surface area (Å²) in [5, 5.41) is 22.7. The monoisotopic (exact) mass is 346 g/mol. The van der Waals surface area contributed by atoms with Crippen molar-refractivity contribution in [3.8, 4) is 11.9 Å². The minimum Gasteiger partial charge on any atom is -0.310 e. The van der Waals surface area contributed by atoms with Gasteiger partial charge in [-0.15, -0.1) is 0 Å². The van der Waals surface area contributed by atoms with Crippen molar-refractivity contribution in [1.29, 1.82) is 5.26 Å². The van der Waals surface area contributed by atoms with Crippen LogP contribution in [0.1, 0.15) is 34.7 Å². The topological polar surface area (TPSA) is 116 Å². The van der Waals surface area contributed by atoms with Crippen LogP contribution in [0.2, 0.25) is 0 Å². The van der Waals surface area contributed by atoms with E-state index in [0.29, 0.717) is 23.6 Å². The Labute approximate surface area is 148 Å². The fourth-order valence-electron chi connectivity index (χ4n) is 3.24. The molecule has 1 amide bonds. The molecule has 2 N–H and O–H groups in total. The lowest BCUT2D eigenvalue weighted by molar-refractivity contribution is -0.116. The predicted molar refractivity (Wildman–Crippen MR) is 93.0 cm³/mol. The number of fused-ring (bicyclic) bond motifs is 1. The third kappa shape index (κ3) is 2.56. The van der Waals surface area contributed by atoms with Crippen molar-refractivity contribution in [3.63, 3.8) is 0 Å². The number of aryl methyl sites for hydroxylation is 1. The highest BCUT2D eigenvalue weighted by molar-refractivity contribution is 5.95. The summed E-state index contributed by atoms with van der Waals surface area (Å²) in [5.74, 6) is 0.669. The molecule has 4 rings (SSSR count). The van der Waals surface area contributed by atoms with Gasteiger partial charge < -0.3 is 5.32 Å². The molecular weight excluding hydrogens is 332 g/mol. The van der Waals surface area contributed by atoms with Crippen molar-refractivity contribution in [2.75, 3.05) is 5.32 Å². The maximum Gasteiger partial charge on any atom is 0.264 e. The Hall–Kier alpha value is -3.73. The molecule has 26 heavy (non-hydrogen) atoms. The summed E-state index contributed by atoms with van der Waals surface area (Å²) in [7, 11) is 0. The number of nitrogens with zero attached hydrogens (tertiary/aromatic N) is 4. The molecule has 0 saturated heterocycles. The van der Waals surface area contributed by atoms with E-state index >= 15 is 0 Å². The molecule has 0 saturated carbocycles. The number of aromatic nitrogens is 4. The molecule has 8 nitrogen and oxygen atoms in total. The zero-order valence-corrected chi connectivity index (χ0v) is 13.9.